The van der Waals surface area contributed by atoms with Crippen LogP contribution in [0, 0.1) is 6.92 Å². The van der Waals surface area contributed by atoms with Crippen molar-refractivity contribution >= 4 is 11.6 Å². The molecule has 2 aromatic rings. The molecule has 0 aliphatic carbocycles. The third kappa shape index (κ3) is 1.57. The van der Waals surface area contributed by atoms with Crippen LogP contribution in [0.5, 0.6) is 0 Å². The van der Waals surface area contributed by atoms with E-state index >= 15 is 0 Å². The number of carbonyl (C=O) groups excluding carboxylic acids is 1. The van der Waals surface area contributed by atoms with Crippen LogP contribution in [0.15, 0.2) is 53.6 Å². The lowest BCUT2D eigenvalue weighted by Gasteiger charge is -2.22. The highest BCUT2D eigenvalue weighted by molar-refractivity contribution is 6.08. The fourth-order valence-corrected chi connectivity index (χ4v) is 2.55. The van der Waals surface area contributed by atoms with Crippen LogP contribution < -0.4 is 5.32 Å². The number of hydrogen-bond donors (Lipinski definition) is 1. The number of nitrogens with zero attached hydrogens (tertiary/aromatic N) is 3. The SMILES string of the molecule is Cc1ccc(C2(N=[N+]=[N-])C(=O)Nc3ccccc32)cc1. The number of carbonyl (C=O) groups is 1. The highest BCUT2D eigenvalue weighted by Gasteiger charge is 2.47. The van der Waals surface area contributed by atoms with Crippen molar-refractivity contribution in [3.8, 4) is 0 Å². The molecule has 5 heteroatoms. The maximum atomic E-state index is 12.5. The number of benzene rings is 2. The molecule has 0 fully saturated rings. The van der Waals surface area contributed by atoms with Crippen molar-refractivity contribution < 1.29 is 4.79 Å². The van der Waals surface area contributed by atoms with Gasteiger partial charge in [0.15, 0.2) is 5.54 Å². The first-order chi connectivity index (χ1) is 9.68. The first kappa shape index (κ1) is 12.3. The molecular formula is C15H12N4O. The van der Waals surface area contributed by atoms with Crippen molar-refractivity contribution in [2.45, 2.75) is 12.5 Å². The van der Waals surface area contributed by atoms with Crippen LogP contribution in [0.25, 0.3) is 10.4 Å². The zero-order chi connectivity index (χ0) is 14.2. The average Bonchev–Trinajstić information content (AvgIpc) is 2.74. The van der Waals surface area contributed by atoms with E-state index < -0.39 is 5.54 Å². The third-order valence-corrected chi connectivity index (χ3v) is 3.56. The highest BCUT2D eigenvalue weighted by Crippen LogP contribution is 2.43. The topological polar surface area (TPSA) is 77.9 Å². The summed E-state index contributed by atoms with van der Waals surface area (Å²) < 4.78 is 0. The van der Waals surface area contributed by atoms with Gasteiger partial charge in [-0.2, -0.15) is 0 Å². The second kappa shape index (κ2) is 4.40. The number of nitrogens with one attached hydrogen (secondary N) is 1. The molecule has 1 amide bonds. The number of azide groups is 1. The second-order valence-electron chi connectivity index (χ2n) is 4.77. The van der Waals surface area contributed by atoms with Crippen LogP contribution in [0.1, 0.15) is 16.7 Å². The molecule has 1 atom stereocenters. The van der Waals surface area contributed by atoms with Crippen molar-refractivity contribution in [1.82, 2.24) is 0 Å². The number of amides is 1. The maximum Gasteiger partial charge on any atom is 0.245 e. The van der Waals surface area contributed by atoms with Gasteiger partial charge in [0.25, 0.3) is 0 Å². The predicted octanol–water partition coefficient (Wildman–Crippen LogP) is 3.50. The number of para-hydroxylation sites is 1. The zero-order valence-electron chi connectivity index (χ0n) is 10.9. The van der Waals surface area contributed by atoms with Gasteiger partial charge in [-0.1, -0.05) is 53.1 Å². The zero-order valence-corrected chi connectivity index (χ0v) is 10.9. The summed E-state index contributed by atoms with van der Waals surface area (Å²) in [7, 11) is 0. The van der Waals surface area contributed by atoms with Crippen LogP contribution in [-0.2, 0) is 10.3 Å². The van der Waals surface area contributed by atoms with Crippen molar-refractivity contribution in [2.24, 2.45) is 5.11 Å². The van der Waals surface area contributed by atoms with Gasteiger partial charge in [0.1, 0.15) is 0 Å². The molecule has 0 bridgehead atoms. The second-order valence-corrected chi connectivity index (χ2v) is 4.77. The first-order valence-electron chi connectivity index (χ1n) is 6.23. The van der Waals surface area contributed by atoms with E-state index in [9.17, 15) is 4.79 Å². The highest BCUT2D eigenvalue weighted by atomic mass is 16.2. The van der Waals surface area contributed by atoms with Gasteiger partial charge < -0.3 is 5.32 Å². The van der Waals surface area contributed by atoms with E-state index in [1.54, 1.807) is 6.07 Å². The number of anilines is 1. The summed E-state index contributed by atoms with van der Waals surface area (Å²) in [4.78, 5) is 15.4. The fraction of sp³-hybridized carbons (Fsp3) is 0.133. The summed E-state index contributed by atoms with van der Waals surface area (Å²) in [5.41, 5.74) is 10.7. The molecule has 0 spiro atoms. The van der Waals surface area contributed by atoms with Gasteiger partial charge in [0.2, 0.25) is 5.91 Å². The van der Waals surface area contributed by atoms with E-state index in [4.69, 9.17) is 5.53 Å². The van der Waals surface area contributed by atoms with Crippen molar-refractivity contribution in [3.63, 3.8) is 0 Å². The molecule has 1 unspecified atom stereocenters. The van der Waals surface area contributed by atoms with Gasteiger partial charge >= 0.3 is 0 Å². The van der Waals surface area contributed by atoms with Crippen LogP contribution >= 0.6 is 0 Å². The molecule has 0 aromatic heterocycles. The Bertz CT molecular complexity index is 732. The standard InChI is InChI=1S/C15H12N4O/c1-10-6-8-11(9-7-10)15(18-19-16)12-4-2-3-5-13(12)17-14(15)20/h2-9H,1H3,(H,17,20). The van der Waals surface area contributed by atoms with Crippen molar-refractivity contribution in [1.29, 1.82) is 0 Å². The molecule has 98 valence electrons. The molecule has 2 aromatic carbocycles. The molecule has 0 saturated heterocycles. The van der Waals surface area contributed by atoms with Crippen molar-refractivity contribution in [2.75, 3.05) is 5.32 Å². The molecule has 20 heavy (non-hydrogen) atoms. The predicted molar refractivity (Wildman–Crippen MR) is 76.2 cm³/mol. The molecule has 1 aliphatic rings. The summed E-state index contributed by atoms with van der Waals surface area (Å²) in [6.45, 7) is 1.96. The van der Waals surface area contributed by atoms with Gasteiger partial charge in [-0.3, -0.25) is 4.79 Å². The number of hydrogen-bond acceptors (Lipinski definition) is 2. The Balaban J connectivity index is 2.31. The average molecular weight is 264 g/mol. The summed E-state index contributed by atoms with van der Waals surface area (Å²) in [6, 6.07) is 14.7. The number of aryl methyl sites for hydroxylation is 1. The molecular weight excluding hydrogens is 252 g/mol. The van der Waals surface area contributed by atoms with Gasteiger partial charge in [-0.15, -0.1) is 0 Å². The van der Waals surface area contributed by atoms with Crippen molar-refractivity contribution in [3.05, 3.63) is 75.7 Å². The number of rotatable bonds is 2. The Hall–Kier alpha value is -2.78. The normalized spacial score (nSPS) is 19.9. The van der Waals surface area contributed by atoms with E-state index in [0.29, 0.717) is 16.8 Å². The summed E-state index contributed by atoms with van der Waals surface area (Å²) in [6.07, 6.45) is 0. The van der Waals surface area contributed by atoms with Gasteiger partial charge in [0.05, 0.1) is 0 Å². The smallest absolute Gasteiger partial charge is 0.245 e. The van der Waals surface area contributed by atoms with Crippen LogP contribution in [0.4, 0.5) is 5.69 Å². The van der Waals surface area contributed by atoms with E-state index in [-0.39, 0.29) is 5.91 Å². The summed E-state index contributed by atoms with van der Waals surface area (Å²) in [5, 5.41) is 6.63. The Labute approximate surface area is 115 Å². The molecule has 1 heterocycles. The molecule has 0 radical (unpaired) electrons. The molecule has 1 N–H and O–H groups in total. The van der Waals surface area contributed by atoms with E-state index in [1.165, 1.54) is 0 Å². The van der Waals surface area contributed by atoms with Gasteiger partial charge in [0, 0.05) is 16.2 Å². The molecule has 3 rings (SSSR count). The lowest BCUT2D eigenvalue weighted by Crippen LogP contribution is -2.33. The molecule has 1 aliphatic heterocycles. The minimum absolute atomic E-state index is 0.319. The largest absolute Gasteiger partial charge is 0.325 e. The molecule has 5 nitrogen and oxygen atoms in total. The van der Waals surface area contributed by atoms with E-state index in [1.807, 2.05) is 49.4 Å². The fourth-order valence-electron chi connectivity index (χ4n) is 2.55. The minimum atomic E-state index is -1.32. The van der Waals surface area contributed by atoms with Gasteiger partial charge in [-0.25, -0.2) is 0 Å². The quantitative estimate of drug-likeness (QED) is 0.503. The van der Waals surface area contributed by atoms with Crippen LogP contribution in [-0.4, -0.2) is 5.91 Å². The lowest BCUT2D eigenvalue weighted by atomic mass is 9.84. The van der Waals surface area contributed by atoms with E-state index in [2.05, 4.69) is 15.3 Å². The van der Waals surface area contributed by atoms with Crippen LogP contribution in [0.3, 0.4) is 0 Å². The first-order valence-corrected chi connectivity index (χ1v) is 6.23. The van der Waals surface area contributed by atoms with Crippen LogP contribution in [0.2, 0.25) is 0 Å². The monoisotopic (exact) mass is 264 g/mol. The number of fused-ring (bicyclic) bond motifs is 1. The minimum Gasteiger partial charge on any atom is -0.325 e. The Kier molecular flexibility index (Phi) is 2.70. The summed E-state index contributed by atoms with van der Waals surface area (Å²) in [5.74, 6) is -0.319. The lowest BCUT2D eigenvalue weighted by molar-refractivity contribution is -0.119. The third-order valence-electron chi connectivity index (χ3n) is 3.56. The van der Waals surface area contributed by atoms with Gasteiger partial charge in [-0.05, 0) is 24.1 Å². The van der Waals surface area contributed by atoms with E-state index in [0.717, 1.165) is 5.56 Å². The Morgan fingerprint density at radius 1 is 1.15 bits per heavy atom. The Morgan fingerprint density at radius 3 is 2.55 bits per heavy atom. The Morgan fingerprint density at radius 2 is 1.85 bits per heavy atom. The maximum absolute atomic E-state index is 12.5. The molecule has 0 saturated carbocycles. The summed E-state index contributed by atoms with van der Waals surface area (Å²) >= 11 is 0.